The summed E-state index contributed by atoms with van der Waals surface area (Å²) in [4.78, 5) is 10.9. The Kier molecular flexibility index (Phi) is 5.17. The molecule has 0 N–H and O–H groups in total. The second kappa shape index (κ2) is 7.09. The van der Waals surface area contributed by atoms with Gasteiger partial charge in [-0.05, 0) is 33.2 Å². The number of fused-ring (bicyclic) bond motifs is 1. The Balaban J connectivity index is 0.000000154. The molecule has 0 bridgehead atoms. The molecule has 0 spiro atoms. The Morgan fingerprint density at radius 1 is 1.10 bits per heavy atom. The van der Waals surface area contributed by atoms with Gasteiger partial charge < -0.3 is 9.80 Å². The first-order chi connectivity index (χ1) is 10.1. The van der Waals surface area contributed by atoms with Crippen molar-refractivity contribution in [2.75, 3.05) is 27.7 Å². The van der Waals surface area contributed by atoms with Crippen molar-refractivity contribution >= 4 is 10.9 Å². The van der Waals surface area contributed by atoms with Crippen molar-refractivity contribution in [2.24, 2.45) is 0 Å². The van der Waals surface area contributed by atoms with Crippen molar-refractivity contribution in [3.8, 4) is 0 Å². The smallest absolute Gasteiger partial charge is 0.159 e. The number of hydrogen-bond acceptors (Lipinski definition) is 4. The molecule has 1 aliphatic rings. The predicted octanol–water partition coefficient (Wildman–Crippen LogP) is 2.80. The Morgan fingerprint density at radius 3 is 2.43 bits per heavy atom. The molecule has 2 heterocycles. The van der Waals surface area contributed by atoms with E-state index >= 15 is 0 Å². The highest BCUT2D eigenvalue weighted by molar-refractivity contribution is 5.77. The van der Waals surface area contributed by atoms with Gasteiger partial charge in [0, 0.05) is 37.6 Å². The van der Waals surface area contributed by atoms with Gasteiger partial charge in [0.25, 0.3) is 0 Å². The van der Waals surface area contributed by atoms with Gasteiger partial charge in [0.2, 0.25) is 0 Å². The molecule has 112 valence electrons. The van der Waals surface area contributed by atoms with Gasteiger partial charge in [0.15, 0.2) is 6.29 Å². The fourth-order valence-electron chi connectivity index (χ4n) is 2.52. The molecule has 2 aromatic rings. The van der Waals surface area contributed by atoms with Crippen molar-refractivity contribution < 1.29 is 0 Å². The topological polar surface area (TPSA) is 22.6 Å². The molecule has 0 fully saturated rings. The molecule has 4 heteroatoms. The molecule has 0 saturated carbocycles. The van der Waals surface area contributed by atoms with Crippen LogP contribution in [-0.4, -0.2) is 53.7 Å². The number of para-hydroxylation sites is 1. The predicted molar refractivity (Wildman–Crippen MR) is 88.5 cm³/mol. The summed E-state index contributed by atoms with van der Waals surface area (Å²) < 4.78 is 0. The summed E-state index contributed by atoms with van der Waals surface area (Å²) in [6.45, 7) is 3.23. The van der Waals surface area contributed by atoms with Gasteiger partial charge in [-0.2, -0.15) is 0 Å². The van der Waals surface area contributed by atoms with Crippen LogP contribution in [0.4, 0.5) is 0 Å². The quantitative estimate of drug-likeness (QED) is 0.845. The molecule has 1 aromatic heterocycles. The zero-order chi connectivity index (χ0) is 15.2. The third-order valence-corrected chi connectivity index (χ3v) is 3.49. The standard InChI is InChI=1S/C9H7N.C8H17N3/c1-2-6-9-8(4-1)5-3-7-10-9;1-5-11-7-6-10(4)8(11)9(2)3/h1-7H;6-8H,5H2,1-4H3. The van der Waals surface area contributed by atoms with E-state index in [9.17, 15) is 0 Å². The van der Waals surface area contributed by atoms with E-state index in [1.807, 2.05) is 30.5 Å². The van der Waals surface area contributed by atoms with Crippen molar-refractivity contribution in [3.05, 3.63) is 55.0 Å². The summed E-state index contributed by atoms with van der Waals surface area (Å²) in [6, 6.07) is 12.1. The van der Waals surface area contributed by atoms with Gasteiger partial charge in [-0.1, -0.05) is 24.3 Å². The van der Waals surface area contributed by atoms with Gasteiger partial charge in [0.05, 0.1) is 5.52 Å². The highest BCUT2D eigenvalue weighted by Gasteiger charge is 2.23. The first kappa shape index (κ1) is 15.3. The van der Waals surface area contributed by atoms with Crippen molar-refractivity contribution in [1.82, 2.24) is 19.7 Å². The maximum Gasteiger partial charge on any atom is 0.159 e. The third-order valence-electron chi connectivity index (χ3n) is 3.49. The average Bonchev–Trinajstić information content (AvgIpc) is 2.89. The van der Waals surface area contributed by atoms with E-state index in [1.54, 1.807) is 0 Å². The maximum atomic E-state index is 4.18. The highest BCUT2D eigenvalue weighted by atomic mass is 15.5. The van der Waals surface area contributed by atoms with Crippen molar-refractivity contribution in [2.45, 2.75) is 13.2 Å². The molecule has 1 aliphatic heterocycles. The molecule has 4 nitrogen and oxygen atoms in total. The van der Waals surface area contributed by atoms with E-state index in [0.717, 1.165) is 12.1 Å². The third kappa shape index (κ3) is 3.73. The zero-order valence-electron chi connectivity index (χ0n) is 13.3. The number of pyridine rings is 1. The summed E-state index contributed by atoms with van der Waals surface area (Å²) in [7, 11) is 6.28. The van der Waals surface area contributed by atoms with Crippen LogP contribution in [0.25, 0.3) is 10.9 Å². The van der Waals surface area contributed by atoms with Gasteiger partial charge >= 0.3 is 0 Å². The fraction of sp³-hybridized carbons (Fsp3) is 0.353. The molecule has 3 rings (SSSR count). The molecule has 0 radical (unpaired) electrons. The van der Waals surface area contributed by atoms with Crippen molar-refractivity contribution in [3.63, 3.8) is 0 Å². The second-order valence-corrected chi connectivity index (χ2v) is 5.30. The second-order valence-electron chi connectivity index (χ2n) is 5.30. The largest absolute Gasteiger partial charge is 0.347 e. The number of aromatic nitrogens is 1. The summed E-state index contributed by atoms with van der Waals surface area (Å²) in [5.41, 5.74) is 1.06. The van der Waals surface area contributed by atoms with Gasteiger partial charge in [0.1, 0.15) is 0 Å². The number of rotatable bonds is 2. The first-order valence-electron chi connectivity index (χ1n) is 7.25. The number of benzene rings is 1. The van der Waals surface area contributed by atoms with Crippen LogP contribution in [-0.2, 0) is 0 Å². The van der Waals surface area contributed by atoms with Crippen LogP contribution >= 0.6 is 0 Å². The summed E-state index contributed by atoms with van der Waals surface area (Å²) >= 11 is 0. The van der Waals surface area contributed by atoms with Gasteiger partial charge in [-0.3, -0.25) is 9.88 Å². The monoisotopic (exact) mass is 284 g/mol. The number of hydrogen-bond donors (Lipinski definition) is 0. The van der Waals surface area contributed by atoms with Crippen LogP contribution in [0.5, 0.6) is 0 Å². The van der Waals surface area contributed by atoms with E-state index in [2.05, 4.69) is 72.3 Å². The summed E-state index contributed by atoms with van der Waals surface area (Å²) in [5.74, 6) is 0. The molecule has 0 amide bonds. The Hall–Kier alpha value is -2.07. The Morgan fingerprint density at radius 2 is 1.81 bits per heavy atom. The minimum atomic E-state index is 0.403. The summed E-state index contributed by atoms with van der Waals surface area (Å²) in [5, 5.41) is 1.20. The van der Waals surface area contributed by atoms with E-state index in [1.165, 1.54) is 5.39 Å². The molecule has 0 aliphatic carbocycles. The molecule has 0 saturated heterocycles. The minimum absolute atomic E-state index is 0.403. The van der Waals surface area contributed by atoms with Crippen LogP contribution in [0.2, 0.25) is 0 Å². The number of nitrogens with zero attached hydrogens (tertiary/aromatic N) is 4. The van der Waals surface area contributed by atoms with Crippen LogP contribution in [0.1, 0.15) is 6.92 Å². The van der Waals surface area contributed by atoms with Gasteiger partial charge in [-0.15, -0.1) is 0 Å². The van der Waals surface area contributed by atoms with Crippen LogP contribution in [0, 0.1) is 0 Å². The molecular weight excluding hydrogens is 260 g/mol. The molecular formula is C17H24N4. The van der Waals surface area contributed by atoms with E-state index < -0.39 is 0 Å². The highest BCUT2D eigenvalue weighted by Crippen LogP contribution is 2.14. The average molecular weight is 284 g/mol. The van der Waals surface area contributed by atoms with Gasteiger partial charge in [-0.25, -0.2) is 0 Å². The zero-order valence-corrected chi connectivity index (χ0v) is 13.3. The first-order valence-corrected chi connectivity index (χ1v) is 7.25. The molecule has 21 heavy (non-hydrogen) atoms. The van der Waals surface area contributed by atoms with E-state index in [0.29, 0.717) is 6.29 Å². The Bertz CT molecular complexity index is 529. The maximum absolute atomic E-state index is 4.18. The molecule has 1 atom stereocenters. The normalized spacial score (nSPS) is 17.3. The van der Waals surface area contributed by atoms with E-state index in [-0.39, 0.29) is 0 Å². The lowest BCUT2D eigenvalue weighted by Gasteiger charge is -2.34. The fourth-order valence-corrected chi connectivity index (χ4v) is 2.52. The van der Waals surface area contributed by atoms with Crippen molar-refractivity contribution in [1.29, 1.82) is 0 Å². The summed E-state index contributed by atoms with van der Waals surface area (Å²) in [6.07, 6.45) is 6.45. The molecule has 1 unspecified atom stereocenters. The lowest BCUT2D eigenvalue weighted by molar-refractivity contribution is 0.0466. The SMILES string of the molecule is CCN1C=CN(C)C1N(C)C.c1ccc2ncccc2c1. The lowest BCUT2D eigenvalue weighted by Crippen LogP contribution is -2.47. The van der Waals surface area contributed by atoms with Crippen LogP contribution < -0.4 is 0 Å². The molecule has 1 aromatic carbocycles. The lowest BCUT2D eigenvalue weighted by atomic mass is 10.2. The van der Waals surface area contributed by atoms with Crippen LogP contribution in [0.3, 0.4) is 0 Å². The van der Waals surface area contributed by atoms with Crippen LogP contribution in [0.15, 0.2) is 55.0 Å². The minimum Gasteiger partial charge on any atom is -0.347 e. The van der Waals surface area contributed by atoms with E-state index in [4.69, 9.17) is 0 Å². The Labute approximate surface area is 127 Å².